The lowest BCUT2D eigenvalue weighted by Crippen LogP contribution is -2.37. The predicted octanol–water partition coefficient (Wildman–Crippen LogP) is 2.83. The van der Waals surface area contributed by atoms with Crippen molar-refractivity contribution >= 4 is 16.9 Å². The highest BCUT2D eigenvalue weighted by atomic mass is 16.3. The topological polar surface area (TPSA) is 67.2 Å². The Morgan fingerprint density at radius 1 is 1.42 bits per heavy atom. The van der Waals surface area contributed by atoms with Crippen molar-refractivity contribution in [2.75, 3.05) is 6.54 Å². The molecular formula is C19H27N3O2. The van der Waals surface area contributed by atoms with Crippen molar-refractivity contribution in [2.45, 2.75) is 58.6 Å². The monoisotopic (exact) mass is 329 g/mol. The van der Waals surface area contributed by atoms with E-state index >= 15 is 0 Å². The van der Waals surface area contributed by atoms with Crippen LogP contribution in [0.5, 0.6) is 0 Å². The molecule has 1 aliphatic rings. The number of nitrogens with zero attached hydrogens (tertiary/aromatic N) is 2. The van der Waals surface area contributed by atoms with Gasteiger partial charge < -0.3 is 15.0 Å². The van der Waals surface area contributed by atoms with Crippen molar-refractivity contribution in [3.63, 3.8) is 0 Å². The molecule has 5 heteroatoms. The largest absolute Gasteiger partial charge is 0.393 e. The molecule has 24 heavy (non-hydrogen) atoms. The maximum absolute atomic E-state index is 12.5. The van der Waals surface area contributed by atoms with E-state index in [2.05, 4.69) is 23.7 Å². The van der Waals surface area contributed by atoms with Crippen LogP contribution in [0.15, 0.2) is 24.3 Å². The van der Waals surface area contributed by atoms with Gasteiger partial charge in [0.2, 0.25) is 5.91 Å². The van der Waals surface area contributed by atoms with Gasteiger partial charge in [-0.25, -0.2) is 4.98 Å². The molecule has 0 radical (unpaired) electrons. The molecular weight excluding hydrogens is 302 g/mol. The summed E-state index contributed by atoms with van der Waals surface area (Å²) in [6, 6.07) is 8.00. The zero-order valence-corrected chi connectivity index (χ0v) is 14.7. The Hall–Kier alpha value is -1.88. The Kier molecular flexibility index (Phi) is 4.63. The summed E-state index contributed by atoms with van der Waals surface area (Å²) >= 11 is 0. The minimum absolute atomic E-state index is 0.00118. The van der Waals surface area contributed by atoms with E-state index in [1.165, 1.54) is 0 Å². The molecule has 3 rings (SSSR count). The number of imidazole rings is 1. The van der Waals surface area contributed by atoms with Gasteiger partial charge in [0.25, 0.3) is 0 Å². The van der Waals surface area contributed by atoms with Crippen molar-refractivity contribution in [2.24, 2.45) is 5.41 Å². The Morgan fingerprint density at radius 3 is 2.79 bits per heavy atom. The molecule has 1 aliphatic carbocycles. The second-order valence-corrected chi connectivity index (χ2v) is 7.81. The van der Waals surface area contributed by atoms with Crippen LogP contribution in [0.25, 0.3) is 11.0 Å². The van der Waals surface area contributed by atoms with Crippen LogP contribution in [0.1, 0.15) is 51.8 Å². The summed E-state index contributed by atoms with van der Waals surface area (Å²) in [5.41, 5.74) is 1.86. The van der Waals surface area contributed by atoms with Crippen molar-refractivity contribution in [3.05, 3.63) is 30.1 Å². The fourth-order valence-electron chi connectivity index (χ4n) is 3.32. The number of aromatic nitrogens is 2. The van der Waals surface area contributed by atoms with Crippen molar-refractivity contribution in [3.8, 4) is 0 Å². The Balaban J connectivity index is 1.70. The highest BCUT2D eigenvalue weighted by Crippen LogP contribution is 2.40. The summed E-state index contributed by atoms with van der Waals surface area (Å²) < 4.78 is 2.06. The predicted molar refractivity (Wildman–Crippen MR) is 94.8 cm³/mol. The third kappa shape index (κ3) is 3.96. The van der Waals surface area contributed by atoms with Gasteiger partial charge in [0, 0.05) is 12.5 Å². The summed E-state index contributed by atoms with van der Waals surface area (Å²) in [5, 5.41) is 12.6. The third-order valence-corrected chi connectivity index (χ3v) is 4.54. The van der Waals surface area contributed by atoms with Crippen molar-refractivity contribution in [1.29, 1.82) is 0 Å². The van der Waals surface area contributed by atoms with Crippen LogP contribution in [0, 0.1) is 5.41 Å². The van der Waals surface area contributed by atoms with Crippen molar-refractivity contribution in [1.82, 2.24) is 14.9 Å². The molecule has 1 unspecified atom stereocenters. The SMILES string of the molecule is CC(O)CC(C)(C)CNC(=O)Cn1c(C2CC2)nc2ccccc21. The van der Waals surface area contributed by atoms with Crippen LogP contribution in [-0.4, -0.2) is 33.2 Å². The number of para-hydroxylation sites is 2. The lowest BCUT2D eigenvalue weighted by atomic mass is 9.87. The molecule has 0 spiro atoms. The normalized spacial score (nSPS) is 16.3. The summed E-state index contributed by atoms with van der Waals surface area (Å²) in [7, 11) is 0. The second-order valence-electron chi connectivity index (χ2n) is 7.81. The Morgan fingerprint density at radius 2 is 2.12 bits per heavy atom. The van der Waals surface area contributed by atoms with Gasteiger partial charge in [-0.2, -0.15) is 0 Å². The molecule has 130 valence electrons. The number of carbonyl (C=O) groups is 1. The zero-order valence-electron chi connectivity index (χ0n) is 14.7. The van der Waals surface area contributed by atoms with E-state index in [0.717, 1.165) is 29.7 Å². The number of hydrogen-bond acceptors (Lipinski definition) is 3. The minimum Gasteiger partial charge on any atom is -0.393 e. The maximum atomic E-state index is 12.5. The van der Waals surface area contributed by atoms with E-state index in [4.69, 9.17) is 4.98 Å². The molecule has 1 saturated carbocycles. The first-order valence-corrected chi connectivity index (χ1v) is 8.76. The summed E-state index contributed by atoms with van der Waals surface area (Å²) in [4.78, 5) is 17.2. The van der Waals surface area contributed by atoms with Gasteiger partial charge in [0.05, 0.1) is 17.1 Å². The van der Waals surface area contributed by atoms with Gasteiger partial charge in [0.1, 0.15) is 12.4 Å². The average Bonchev–Trinajstić information content (AvgIpc) is 3.28. The maximum Gasteiger partial charge on any atom is 0.240 e. The number of benzene rings is 1. The number of aliphatic hydroxyl groups excluding tert-OH is 1. The number of carbonyl (C=O) groups excluding carboxylic acids is 1. The molecule has 0 aliphatic heterocycles. The summed E-state index contributed by atoms with van der Waals surface area (Å²) in [6.45, 7) is 6.76. The first-order valence-electron chi connectivity index (χ1n) is 8.76. The van der Waals surface area contributed by atoms with Gasteiger partial charge in [0.15, 0.2) is 0 Å². The minimum atomic E-state index is -0.365. The van der Waals surface area contributed by atoms with Crippen LogP contribution in [0.4, 0.5) is 0 Å². The fraction of sp³-hybridized carbons (Fsp3) is 0.579. The Bertz CT molecular complexity index is 729. The first-order chi connectivity index (χ1) is 11.4. The molecule has 1 atom stereocenters. The standard InChI is InChI=1S/C19H27N3O2/c1-13(23)10-19(2,3)12-20-17(24)11-22-16-7-5-4-6-15(16)21-18(22)14-8-9-14/h4-7,13-14,23H,8-12H2,1-3H3,(H,20,24). The van der Waals surface area contributed by atoms with Crippen LogP contribution in [0.3, 0.4) is 0 Å². The third-order valence-electron chi connectivity index (χ3n) is 4.54. The quantitative estimate of drug-likeness (QED) is 0.821. The summed E-state index contributed by atoms with van der Waals surface area (Å²) in [6.07, 6.45) is 2.61. The molecule has 1 amide bonds. The van der Waals surface area contributed by atoms with Crippen LogP contribution < -0.4 is 5.32 Å². The lowest BCUT2D eigenvalue weighted by molar-refractivity contribution is -0.122. The smallest absolute Gasteiger partial charge is 0.240 e. The molecule has 1 fully saturated rings. The molecule has 0 saturated heterocycles. The highest BCUT2D eigenvalue weighted by molar-refractivity contribution is 5.81. The second kappa shape index (κ2) is 6.55. The van der Waals surface area contributed by atoms with Gasteiger partial charge in [-0.05, 0) is 43.7 Å². The molecule has 2 N–H and O–H groups in total. The highest BCUT2D eigenvalue weighted by Gasteiger charge is 2.30. The number of rotatable bonds is 7. The van der Waals surface area contributed by atoms with E-state index in [-0.39, 0.29) is 17.4 Å². The van der Waals surface area contributed by atoms with E-state index < -0.39 is 0 Å². The first kappa shape index (κ1) is 17.0. The van der Waals surface area contributed by atoms with E-state index in [1.54, 1.807) is 6.92 Å². The van der Waals surface area contributed by atoms with Gasteiger partial charge in [-0.1, -0.05) is 26.0 Å². The molecule has 1 heterocycles. The lowest BCUT2D eigenvalue weighted by Gasteiger charge is -2.26. The average molecular weight is 329 g/mol. The molecule has 1 aromatic carbocycles. The van der Waals surface area contributed by atoms with Gasteiger partial charge in [-0.3, -0.25) is 4.79 Å². The van der Waals surface area contributed by atoms with Crippen LogP contribution >= 0.6 is 0 Å². The summed E-state index contributed by atoms with van der Waals surface area (Å²) in [5.74, 6) is 1.53. The number of nitrogens with one attached hydrogen (secondary N) is 1. The van der Waals surface area contributed by atoms with E-state index in [9.17, 15) is 9.90 Å². The molecule has 5 nitrogen and oxygen atoms in total. The van der Waals surface area contributed by atoms with E-state index in [1.807, 2.05) is 24.3 Å². The van der Waals surface area contributed by atoms with Crippen molar-refractivity contribution < 1.29 is 9.90 Å². The van der Waals surface area contributed by atoms with Crippen LogP contribution in [-0.2, 0) is 11.3 Å². The zero-order chi connectivity index (χ0) is 17.3. The molecule has 0 bridgehead atoms. The number of amides is 1. The van der Waals surface area contributed by atoms with E-state index in [0.29, 0.717) is 25.4 Å². The van der Waals surface area contributed by atoms with Crippen LogP contribution in [0.2, 0.25) is 0 Å². The van der Waals surface area contributed by atoms with Gasteiger partial charge in [-0.15, -0.1) is 0 Å². The number of aliphatic hydroxyl groups is 1. The van der Waals surface area contributed by atoms with Gasteiger partial charge >= 0.3 is 0 Å². The molecule has 1 aromatic heterocycles. The number of hydrogen-bond donors (Lipinski definition) is 2. The Labute approximate surface area is 143 Å². The fourth-order valence-corrected chi connectivity index (χ4v) is 3.32. The molecule has 2 aromatic rings. The number of fused-ring (bicyclic) bond motifs is 1.